The molecule has 1 heterocycles. The second-order valence-electron chi connectivity index (χ2n) is 6.00. The van der Waals surface area contributed by atoms with E-state index in [1.54, 1.807) is 11.9 Å². The van der Waals surface area contributed by atoms with Crippen molar-refractivity contribution in [2.24, 2.45) is 0 Å². The zero-order valence-corrected chi connectivity index (χ0v) is 14.6. The highest BCUT2D eigenvalue weighted by Gasteiger charge is 2.38. The number of hydrogen-bond donors (Lipinski definition) is 0. The molecule has 2 aromatic carbocycles. The minimum atomic E-state index is -4.70. The fourth-order valence-corrected chi connectivity index (χ4v) is 2.55. The Hall–Kier alpha value is -3.16. The number of amides is 1. The summed E-state index contributed by atoms with van der Waals surface area (Å²) in [5.74, 6) is -1.80. The van der Waals surface area contributed by atoms with E-state index in [9.17, 15) is 18.0 Å². The van der Waals surface area contributed by atoms with Gasteiger partial charge in [0.05, 0.1) is 6.04 Å². The molecule has 0 saturated heterocycles. The number of alkyl halides is 3. The van der Waals surface area contributed by atoms with Crippen LogP contribution in [0.3, 0.4) is 0 Å². The Kier molecular flexibility index (Phi) is 4.98. The van der Waals surface area contributed by atoms with Crippen LogP contribution in [-0.2, 0) is 6.18 Å². The SMILES string of the molecule is C[C@@H](c1ccccc1)N(C)C(=O)c1ccc(-c2noc(C(F)(F)F)n2)cc1. The maximum atomic E-state index is 12.7. The number of benzene rings is 2. The van der Waals surface area contributed by atoms with Gasteiger partial charge in [-0.1, -0.05) is 47.6 Å². The molecule has 3 aromatic rings. The Bertz CT molecular complexity index is 921. The van der Waals surface area contributed by atoms with Gasteiger partial charge >= 0.3 is 12.1 Å². The summed E-state index contributed by atoms with van der Waals surface area (Å²) in [5.41, 5.74) is 1.73. The van der Waals surface area contributed by atoms with Crippen LogP contribution < -0.4 is 0 Å². The number of rotatable bonds is 4. The molecule has 0 spiro atoms. The smallest absolute Gasteiger partial charge is 0.335 e. The van der Waals surface area contributed by atoms with E-state index in [1.807, 2.05) is 37.3 Å². The van der Waals surface area contributed by atoms with E-state index in [4.69, 9.17) is 0 Å². The van der Waals surface area contributed by atoms with Gasteiger partial charge in [0, 0.05) is 18.2 Å². The van der Waals surface area contributed by atoms with Crippen molar-refractivity contribution in [3.05, 3.63) is 71.6 Å². The third-order valence-electron chi connectivity index (χ3n) is 4.24. The zero-order chi connectivity index (χ0) is 19.6. The molecule has 0 saturated carbocycles. The summed E-state index contributed by atoms with van der Waals surface area (Å²) >= 11 is 0. The van der Waals surface area contributed by atoms with Crippen molar-refractivity contribution >= 4 is 5.91 Å². The van der Waals surface area contributed by atoms with Gasteiger partial charge in [0.25, 0.3) is 5.91 Å². The van der Waals surface area contributed by atoms with Gasteiger partial charge in [-0.15, -0.1) is 0 Å². The molecule has 5 nitrogen and oxygen atoms in total. The average molecular weight is 375 g/mol. The first-order valence-electron chi connectivity index (χ1n) is 8.11. The van der Waals surface area contributed by atoms with E-state index < -0.39 is 12.1 Å². The van der Waals surface area contributed by atoms with Crippen LogP contribution in [0.5, 0.6) is 0 Å². The van der Waals surface area contributed by atoms with E-state index in [0.717, 1.165) is 5.56 Å². The number of carbonyl (C=O) groups excluding carboxylic acids is 1. The van der Waals surface area contributed by atoms with Gasteiger partial charge in [0.15, 0.2) is 0 Å². The van der Waals surface area contributed by atoms with Crippen molar-refractivity contribution in [3.8, 4) is 11.4 Å². The molecule has 8 heteroatoms. The lowest BCUT2D eigenvalue weighted by atomic mass is 10.1. The summed E-state index contributed by atoms with van der Waals surface area (Å²) in [6.45, 7) is 1.92. The molecule has 0 fully saturated rings. The second-order valence-corrected chi connectivity index (χ2v) is 6.00. The first-order chi connectivity index (χ1) is 12.8. The van der Waals surface area contributed by atoms with Gasteiger partial charge in [-0.05, 0) is 24.6 Å². The molecular weight excluding hydrogens is 359 g/mol. The molecule has 1 aromatic heterocycles. The van der Waals surface area contributed by atoms with Gasteiger partial charge in [0.1, 0.15) is 0 Å². The molecule has 0 radical (unpaired) electrons. The lowest BCUT2D eigenvalue weighted by molar-refractivity contribution is -0.159. The highest BCUT2D eigenvalue weighted by molar-refractivity contribution is 5.94. The molecule has 0 unspecified atom stereocenters. The van der Waals surface area contributed by atoms with Gasteiger partial charge in [-0.25, -0.2) is 0 Å². The first kappa shape index (κ1) is 18.6. The maximum absolute atomic E-state index is 12.7. The Morgan fingerprint density at radius 1 is 1.07 bits per heavy atom. The summed E-state index contributed by atoms with van der Waals surface area (Å²) in [4.78, 5) is 17.6. The maximum Gasteiger partial charge on any atom is 0.471 e. The van der Waals surface area contributed by atoms with Crippen LogP contribution >= 0.6 is 0 Å². The molecule has 0 N–H and O–H groups in total. The average Bonchev–Trinajstić information content (AvgIpc) is 3.18. The molecule has 27 heavy (non-hydrogen) atoms. The van der Waals surface area contributed by atoms with E-state index in [0.29, 0.717) is 11.1 Å². The quantitative estimate of drug-likeness (QED) is 0.669. The molecule has 0 bridgehead atoms. The summed E-state index contributed by atoms with van der Waals surface area (Å²) < 4.78 is 41.9. The Labute approximate surface area is 153 Å². The first-order valence-corrected chi connectivity index (χ1v) is 8.11. The zero-order valence-electron chi connectivity index (χ0n) is 14.6. The highest BCUT2D eigenvalue weighted by Crippen LogP contribution is 2.29. The summed E-state index contributed by atoms with van der Waals surface area (Å²) in [7, 11) is 1.70. The van der Waals surface area contributed by atoms with E-state index in [2.05, 4.69) is 14.7 Å². The summed E-state index contributed by atoms with van der Waals surface area (Å²) in [5, 5.41) is 3.33. The summed E-state index contributed by atoms with van der Waals surface area (Å²) in [6, 6.07) is 15.5. The lowest BCUT2D eigenvalue weighted by Gasteiger charge is -2.25. The second kappa shape index (κ2) is 7.22. The van der Waals surface area contributed by atoms with Crippen molar-refractivity contribution in [2.45, 2.75) is 19.1 Å². The Morgan fingerprint density at radius 2 is 1.70 bits per heavy atom. The van der Waals surface area contributed by atoms with Crippen LogP contribution in [0.4, 0.5) is 13.2 Å². The highest BCUT2D eigenvalue weighted by atomic mass is 19.4. The number of halogens is 3. The molecule has 1 atom stereocenters. The van der Waals surface area contributed by atoms with Crippen molar-refractivity contribution in [1.82, 2.24) is 15.0 Å². The standard InChI is InChI=1S/C19H16F3N3O2/c1-12(13-6-4-3-5-7-13)25(2)17(26)15-10-8-14(9-11-15)16-23-18(27-24-16)19(20,21)22/h3-12H,1-2H3/t12-/m0/s1. The van der Waals surface area contributed by atoms with Crippen molar-refractivity contribution < 1.29 is 22.5 Å². The molecule has 0 aliphatic rings. The topological polar surface area (TPSA) is 59.2 Å². The van der Waals surface area contributed by atoms with E-state index in [-0.39, 0.29) is 17.8 Å². The lowest BCUT2D eigenvalue weighted by Crippen LogP contribution is -2.29. The van der Waals surface area contributed by atoms with Gasteiger partial charge in [-0.3, -0.25) is 4.79 Å². The largest absolute Gasteiger partial charge is 0.471 e. The number of aromatic nitrogens is 2. The van der Waals surface area contributed by atoms with Gasteiger partial charge < -0.3 is 9.42 Å². The van der Waals surface area contributed by atoms with Crippen LogP contribution in [0.1, 0.15) is 34.8 Å². The monoisotopic (exact) mass is 375 g/mol. The normalized spacial score (nSPS) is 12.6. The van der Waals surface area contributed by atoms with Crippen molar-refractivity contribution in [3.63, 3.8) is 0 Å². The number of nitrogens with zero attached hydrogens (tertiary/aromatic N) is 3. The number of carbonyl (C=O) groups is 1. The van der Waals surface area contributed by atoms with Crippen LogP contribution in [-0.4, -0.2) is 28.0 Å². The minimum Gasteiger partial charge on any atom is -0.335 e. The van der Waals surface area contributed by atoms with Crippen LogP contribution in [0.2, 0.25) is 0 Å². The third kappa shape index (κ3) is 3.99. The van der Waals surface area contributed by atoms with Crippen molar-refractivity contribution in [1.29, 1.82) is 0 Å². The minimum absolute atomic E-state index is 0.134. The predicted molar refractivity (Wildman–Crippen MR) is 91.7 cm³/mol. The predicted octanol–water partition coefficient (Wildman–Crippen LogP) is 4.59. The van der Waals surface area contributed by atoms with Crippen molar-refractivity contribution in [2.75, 3.05) is 7.05 Å². The molecule has 140 valence electrons. The van der Waals surface area contributed by atoms with E-state index in [1.165, 1.54) is 24.3 Å². The molecule has 3 rings (SSSR count). The molecule has 1 amide bonds. The van der Waals surface area contributed by atoms with E-state index >= 15 is 0 Å². The van der Waals surface area contributed by atoms with Gasteiger partial charge in [0.2, 0.25) is 5.82 Å². The number of hydrogen-bond acceptors (Lipinski definition) is 4. The Balaban J connectivity index is 1.76. The Morgan fingerprint density at radius 3 is 2.26 bits per heavy atom. The molecular formula is C19H16F3N3O2. The summed E-state index contributed by atoms with van der Waals surface area (Å²) in [6.07, 6.45) is -4.70. The molecule has 0 aliphatic carbocycles. The van der Waals surface area contributed by atoms with Gasteiger partial charge in [-0.2, -0.15) is 18.2 Å². The third-order valence-corrected chi connectivity index (χ3v) is 4.24. The van der Waals surface area contributed by atoms with Crippen LogP contribution in [0.25, 0.3) is 11.4 Å². The molecule has 0 aliphatic heterocycles. The van der Waals surface area contributed by atoms with Crippen LogP contribution in [0, 0.1) is 0 Å². The van der Waals surface area contributed by atoms with Crippen LogP contribution in [0.15, 0.2) is 59.1 Å². The fourth-order valence-electron chi connectivity index (χ4n) is 2.55. The fraction of sp³-hybridized carbons (Fsp3) is 0.211.